The lowest BCUT2D eigenvalue weighted by atomic mass is 10.1. The molecule has 0 saturated heterocycles. The Hall–Kier alpha value is -1.82. The molecule has 4 N–H and O–H groups in total. The van der Waals surface area contributed by atoms with Crippen LogP contribution in [0.15, 0.2) is 12.1 Å². The maximum Gasteiger partial charge on any atom is 0.254 e. The van der Waals surface area contributed by atoms with Crippen molar-refractivity contribution in [3.8, 4) is 5.75 Å². The minimum atomic E-state index is -0.815. The van der Waals surface area contributed by atoms with E-state index in [9.17, 15) is 14.3 Å². The van der Waals surface area contributed by atoms with Gasteiger partial charge in [-0.05, 0) is 18.9 Å². The van der Waals surface area contributed by atoms with E-state index in [2.05, 4.69) is 5.32 Å². The number of hydrogen-bond donors (Lipinski definition) is 3. The molecule has 6 heteroatoms. The first kappa shape index (κ1) is 12.6. The van der Waals surface area contributed by atoms with E-state index >= 15 is 0 Å². The third-order valence-electron chi connectivity index (χ3n) is 2.97. The summed E-state index contributed by atoms with van der Waals surface area (Å²) in [4.78, 5) is 11.8. The van der Waals surface area contributed by atoms with Gasteiger partial charge in [-0.25, -0.2) is 4.39 Å². The maximum atomic E-state index is 13.6. The Labute approximate surface area is 104 Å². The van der Waals surface area contributed by atoms with Crippen molar-refractivity contribution in [1.29, 1.82) is 0 Å². The molecule has 1 aromatic rings. The molecule has 0 bridgehead atoms. The molecule has 18 heavy (non-hydrogen) atoms. The number of carbonyl (C=O) groups excluding carboxylic acids is 1. The Morgan fingerprint density at radius 3 is 2.83 bits per heavy atom. The minimum Gasteiger partial charge on any atom is -0.495 e. The van der Waals surface area contributed by atoms with Crippen LogP contribution in [0.25, 0.3) is 0 Å². The minimum absolute atomic E-state index is 0.123. The van der Waals surface area contributed by atoms with Crippen molar-refractivity contribution in [1.82, 2.24) is 5.32 Å². The van der Waals surface area contributed by atoms with Crippen molar-refractivity contribution >= 4 is 11.6 Å². The van der Waals surface area contributed by atoms with E-state index in [0.29, 0.717) is 12.8 Å². The molecule has 0 unspecified atom stereocenters. The molecule has 0 radical (unpaired) electrons. The van der Waals surface area contributed by atoms with Crippen LogP contribution < -0.4 is 15.8 Å². The number of aliphatic hydroxyl groups is 1. The summed E-state index contributed by atoms with van der Waals surface area (Å²) < 4.78 is 18.5. The standard InChI is InChI=1S/C12H15FN2O3/c1-18-10-4-7(8(13)5-9(10)14)11(16)15-6-12(17)2-3-12/h4-5,17H,2-3,6,14H2,1H3,(H,15,16). The summed E-state index contributed by atoms with van der Waals surface area (Å²) in [5.41, 5.74) is 4.69. The van der Waals surface area contributed by atoms with Gasteiger partial charge in [-0.3, -0.25) is 4.79 Å². The molecular weight excluding hydrogens is 239 g/mol. The van der Waals surface area contributed by atoms with Crippen LogP contribution >= 0.6 is 0 Å². The fourth-order valence-corrected chi connectivity index (χ4v) is 1.58. The van der Waals surface area contributed by atoms with Crippen LogP contribution in [0.5, 0.6) is 5.75 Å². The van der Waals surface area contributed by atoms with Crippen molar-refractivity contribution in [2.45, 2.75) is 18.4 Å². The van der Waals surface area contributed by atoms with Crippen molar-refractivity contribution in [2.24, 2.45) is 0 Å². The summed E-state index contributed by atoms with van der Waals surface area (Å²) >= 11 is 0. The molecule has 1 fully saturated rings. The number of anilines is 1. The highest BCUT2D eigenvalue weighted by molar-refractivity contribution is 5.95. The number of halogens is 1. The van der Waals surface area contributed by atoms with Gasteiger partial charge in [-0.15, -0.1) is 0 Å². The molecule has 0 aliphatic heterocycles. The number of ether oxygens (including phenoxy) is 1. The summed E-state index contributed by atoms with van der Waals surface area (Å²) in [5.74, 6) is -1.06. The van der Waals surface area contributed by atoms with Gasteiger partial charge in [0, 0.05) is 12.6 Å². The zero-order valence-electron chi connectivity index (χ0n) is 10.00. The topological polar surface area (TPSA) is 84.6 Å². The molecule has 0 heterocycles. The molecule has 0 spiro atoms. The lowest BCUT2D eigenvalue weighted by Crippen LogP contribution is -2.33. The van der Waals surface area contributed by atoms with Crippen molar-refractivity contribution in [3.05, 3.63) is 23.5 Å². The zero-order valence-corrected chi connectivity index (χ0v) is 10.00. The average molecular weight is 254 g/mol. The summed E-state index contributed by atoms with van der Waals surface area (Å²) in [5, 5.41) is 12.1. The normalized spacial score (nSPS) is 16.2. The first-order valence-electron chi connectivity index (χ1n) is 5.59. The molecule has 0 aromatic heterocycles. The number of hydrogen-bond acceptors (Lipinski definition) is 4. The largest absolute Gasteiger partial charge is 0.495 e. The predicted octanol–water partition coefficient (Wildman–Crippen LogP) is 0.671. The molecule has 5 nitrogen and oxygen atoms in total. The van der Waals surface area contributed by atoms with Gasteiger partial charge in [-0.1, -0.05) is 0 Å². The molecule has 0 atom stereocenters. The van der Waals surface area contributed by atoms with Crippen LogP contribution in [0, 0.1) is 5.82 Å². The number of amides is 1. The third kappa shape index (κ3) is 2.53. The Morgan fingerprint density at radius 2 is 2.28 bits per heavy atom. The summed E-state index contributed by atoms with van der Waals surface area (Å²) in [6, 6.07) is 2.29. The molecule has 1 saturated carbocycles. The van der Waals surface area contributed by atoms with Crippen LogP contribution in [0.3, 0.4) is 0 Å². The van der Waals surface area contributed by atoms with Gasteiger partial charge >= 0.3 is 0 Å². The Morgan fingerprint density at radius 1 is 1.61 bits per heavy atom. The van der Waals surface area contributed by atoms with Crippen LogP contribution in [0.1, 0.15) is 23.2 Å². The monoisotopic (exact) mass is 254 g/mol. The SMILES string of the molecule is COc1cc(C(=O)NCC2(O)CC2)c(F)cc1N. The summed E-state index contributed by atoms with van der Waals surface area (Å²) in [7, 11) is 1.39. The molecule has 1 amide bonds. The predicted molar refractivity (Wildman–Crippen MR) is 63.9 cm³/mol. The van der Waals surface area contributed by atoms with Gasteiger partial charge in [0.2, 0.25) is 0 Å². The Kier molecular flexibility index (Phi) is 3.13. The number of nitrogens with two attached hydrogens (primary N) is 1. The van der Waals surface area contributed by atoms with Crippen LogP contribution in [-0.4, -0.2) is 30.3 Å². The van der Waals surface area contributed by atoms with Gasteiger partial charge in [0.1, 0.15) is 11.6 Å². The van der Waals surface area contributed by atoms with Crippen molar-refractivity contribution in [3.63, 3.8) is 0 Å². The van der Waals surface area contributed by atoms with Crippen LogP contribution in [0.4, 0.5) is 10.1 Å². The number of carbonyl (C=O) groups is 1. The highest BCUT2D eigenvalue weighted by atomic mass is 19.1. The lowest BCUT2D eigenvalue weighted by Gasteiger charge is -2.11. The first-order chi connectivity index (χ1) is 8.45. The van der Waals surface area contributed by atoms with Crippen molar-refractivity contribution in [2.75, 3.05) is 19.4 Å². The van der Waals surface area contributed by atoms with Gasteiger partial charge in [-0.2, -0.15) is 0 Å². The Balaban J connectivity index is 2.13. The summed E-state index contributed by atoms with van der Waals surface area (Å²) in [6.45, 7) is 0.123. The van der Waals surface area contributed by atoms with Crippen LogP contribution in [-0.2, 0) is 0 Å². The first-order valence-corrected chi connectivity index (χ1v) is 5.59. The average Bonchev–Trinajstić information content (AvgIpc) is 3.05. The van der Waals surface area contributed by atoms with Gasteiger partial charge < -0.3 is 20.9 Å². The number of benzene rings is 1. The van der Waals surface area contributed by atoms with Gasteiger partial charge in [0.25, 0.3) is 5.91 Å². The number of rotatable bonds is 4. The molecule has 98 valence electrons. The van der Waals surface area contributed by atoms with E-state index in [-0.39, 0.29) is 23.5 Å². The van der Waals surface area contributed by atoms with E-state index in [0.717, 1.165) is 6.07 Å². The van der Waals surface area contributed by atoms with Gasteiger partial charge in [0.05, 0.1) is 24.0 Å². The van der Waals surface area contributed by atoms with Crippen LogP contribution in [0.2, 0.25) is 0 Å². The molecule has 2 rings (SSSR count). The fourth-order valence-electron chi connectivity index (χ4n) is 1.58. The number of nitrogens with one attached hydrogen (secondary N) is 1. The van der Waals surface area contributed by atoms with E-state index < -0.39 is 17.3 Å². The second-order valence-corrected chi connectivity index (χ2v) is 4.48. The van der Waals surface area contributed by atoms with E-state index in [1.54, 1.807) is 0 Å². The second kappa shape index (κ2) is 4.45. The second-order valence-electron chi connectivity index (χ2n) is 4.48. The highest BCUT2D eigenvalue weighted by Crippen LogP contribution is 2.34. The fraction of sp³-hybridized carbons (Fsp3) is 0.417. The number of methoxy groups -OCH3 is 1. The molecule has 1 aromatic carbocycles. The molecule has 1 aliphatic rings. The van der Waals surface area contributed by atoms with E-state index in [1.165, 1.54) is 13.2 Å². The molecule has 1 aliphatic carbocycles. The Bertz CT molecular complexity index is 486. The quantitative estimate of drug-likeness (QED) is 0.689. The van der Waals surface area contributed by atoms with E-state index in [4.69, 9.17) is 10.5 Å². The van der Waals surface area contributed by atoms with E-state index in [1.807, 2.05) is 0 Å². The van der Waals surface area contributed by atoms with Crippen molar-refractivity contribution < 1.29 is 19.0 Å². The molecular formula is C12H15FN2O3. The lowest BCUT2D eigenvalue weighted by molar-refractivity contribution is 0.0892. The maximum absolute atomic E-state index is 13.6. The smallest absolute Gasteiger partial charge is 0.254 e. The zero-order chi connectivity index (χ0) is 13.3. The number of nitrogen functional groups attached to an aromatic ring is 1. The third-order valence-corrected chi connectivity index (χ3v) is 2.97. The van der Waals surface area contributed by atoms with Gasteiger partial charge in [0.15, 0.2) is 0 Å². The summed E-state index contributed by atoms with van der Waals surface area (Å²) in [6.07, 6.45) is 1.31. The highest BCUT2D eigenvalue weighted by Gasteiger charge is 2.40.